The van der Waals surface area contributed by atoms with Crippen LogP contribution in [0.15, 0.2) is 59.5 Å². The van der Waals surface area contributed by atoms with E-state index >= 15 is 0 Å². The zero-order valence-corrected chi connectivity index (χ0v) is 18.1. The summed E-state index contributed by atoms with van der Waals surface area (Å²) in [7, 11) is 4.29. The van der Waals surface area contributed by atoms with Gasteiger partial charge in [0.25, 0.3) is 0 Å². The van der Waals surface area contributed by atoms with Gasteiger partial charge in [-0.3, -0.25) is 0 Å². The molecule has 0 aromatic heterocycles. The molecule has 0 saturated heterocycles. The summed E-state index contributed by atoms with van der Waals surface area (Å²) in [6, 6.07) is 20.2. The van der Waals surface area contributed by atoms with Crippen molar-refractivity contribution >= 4 is 23.5 Å². The quantitative estimate of drug-likeness (QED) is 0.293. The molecule has 0 bridgehead atoms. The molecule has 26 heavy (non-hydrogen) atoms. The third-order valence-corrected chi connectivity index (χ3v) is 6.77. The Labute approximate surface area is 169 Å². The normalized spacial score (nSPS) is 12.5. The van der Waals surface area contributed by atoms with Crippen LogP contribution in [-0.2, 0) is 0 Å². The summed E-state index contributed by atoms with van der Waals surface area (Å²) >= 11 is 4.04. The number of nitrogens with zero attached hydrogens (tertiary/aromatic N) is 1. The Bertz CT molecular complexity index is 595. The highest BCUT2D eigenvalue weighted by Crippen LogP contribution is 2.36. The van der Waals surface area contributed by atoms with E-state index in [-0.39, 0.29) is 0 Å². The van der Waals surface area contributed by atoms with Gasteiger partial charge in [-0.25, -0.2) is 0 Å². The second-order valence-corrected chi connectivity index (χ2v) is 9.32. The molecular formula is C23H33NS2. The topological polar surface area (TPSA) is 3.24 Å². The van der Waals surface area contributed by atoms with Gasteiger partial charge in [-0.05, 0) is 49.5 Å². The average molecular weight is 388 g/mol. The Hall–Kier alpha value is -0.900. The summed E-state index contributed by atoms with van der Waals surface area (Å²) in [6.45, 7) is 3.38. The number of rotatable bonds is 12. The van der Waals surface area contributed by atoms with Crippen LogP contribution in [0.5, 0.6) is 0 Å². The van der Waals surface area contributed by atoms with Gasteiger partial charge in [-0.15, -0.1) is 23.5 Å². The molecule has 0 aliphatic heterocycles. The predicted octanol–water partition coefficient (Wildman–Crippen LogP) is 6.74. The Morgan fingerprint density at radius 3 is 2.15 bits per heavy atom. The smallest absolute Gasteiger partial charge is 0.0547 e. The fourth-order valence-corrected chi connectivity index (χ4v) is 5.14. The molecule has 3 heteroatoms. The summed E-state index contributed by atoms with van der Waals surface area (Å²) in [4.78, 5) is 3.66. The molecule has 0 N–H and O–H groups in total. The van der Waals surface area contributed by atoms with Gasteiger partial charge in [0.1, 0.15) is 0 Å². The lowest BCUT2D eigenvalue weighted by molar-refractivity contribution is 0.437. The van der Waals surface area contributed by atoms with Gasteiger partial charge in [-0.1, -0.05) is 68.7 Å². The van der Waals surface area contributed by atoms with E-state index in [4.69, 9.17) is 0 Å². The number of benzene rings is 2. The van der Waals surface area contributed by atoms with Gasteiger partial charge >= 0.3 is 0 Å². The highest BCUT2D eigenvalue weighted by molar-refractivity contribution is 7.99. The number of hydrogen-bond donors (Lipinski definition) is 0. The lowest BCUT2D eigenvalue weighted by atomic mass is 10.0. The second kappa shape index (κ2) is 12.5. The molecule has 0 aliphatic rings. The molecule has 142 valence electrons. The Kier molecular flexibility index (Phi) is 10.3. The van der Waals surface area contributed by atoms with E-state index < -0.39 is 0 Å². The molecule has 0 unspecified atom stereocenters. The largest absolute Gasteiger partial charge is 0.309 e. The third-order valence-electron chi connectivity index (χ3n) is 4.37. The predicted molar refractivity (Wildman–Crippen MR) is 121 cm³/mol. The molecular weight excluding hydrogens is 354 g/mol. The summed E-state index contributed by atoms with van der Waals surface area (Å²) in [5.74, 6) is 2.37. The lowest BCUT2D eigenvalue weighted by Crippen LogP contribution is -2.15. The first-order valence-corrected chi connectivity index (χ1v) is 11.8. The Morgan fingerprint density at radius 1 is 0.808 bits per heavy atom. The van der Waals surface area contributed by atoms with Crippen molar-refractivity contribution in [3.05, 3.63) is 65.7 Å². The molecule has 0 amide bonds. The average Bonchev–Trinajstić information content (AvgIpc) is 2.66. The maximum Gasteiger partial charge on any atom is 0.0547 e. The fraction of sp³-hybridized carbons (Fsp3) is 0.478. The van der Waals surface area contributed by atoms with Gasteiger partial charge in [0.05, 0.1) is 5.25 Å². The van der Waals surface area contributed by atoms with E-state index in [1.54, 1.807) is 0 Å². The van der Waals surface area contributed by atoms with E-state index in [1.807, 2.05) is 23.5 Å². The van der Waals surface area contributed by atoms with Crippen LogP contribution in [0.4, 0.5) is 0 Å². The molecule has 0 radical (unpaired) electrons. The van der Waals surface area contributed by atoms with E-state index in [0.29, 0.717) is 5.25 Å². The monoisotopic (exact) mass is 387 g/mol. The minimum atomic E-state index is 0.416. The van der Waals surface area contributed by atoms with Crippen molar-refractivity contribution in [3.8, 4) is 0 Å². The van der Waals surface area contributed by atoms with Crippen LogP contribution in [0.25, 0.3) is 0 Å². The van der Waals surface area contributed by atoms with Crippen molar-refractivity contribution < 1.29 is 0 Å². The summed E-state index contributed by atoms with van der Waals surface area (Å²) < 4.78 is 0. The summed E-state index contributed by atoms with van der Waals surface area (Å²) in [5.41, 5.74) is 2.81. The van der Waals surface area contributed by atoms with Gasteiger partial charge in [0, 0.05) is 17.2 Å². The Balaban J connectivity index is 1.98. The lowest BCUT2D eigenvalue weighted by Gasteiger charge is -2.19. The molecule has 0 heterocycles. The molecule has 1 nitrogen and oxygen atoms in total. The summed E-state index contributed by atoms with van der Waals surface area (Å²) in [5, 5.41) is 0.416. The maximum atomic E-state index is 2.33. The van der Waals surface area contributed by atoms with Crippen LogP contribution >= 0.6 is 23.5 Å². The van der Waals surface area contributed by atoms with Gasteiger partial charge in [-0.2, -0.15) is 0 Å². The van der Waals surface area contributed by atoms with E-state index in [2.05, 4.69) is 80.5 Å². The highest BCUT2D eigenvalue weighted by Gasteiger charge is 2.14. The van der Waals surface area contributed by atoms with Crippen LogP contribution in [0.3, 0.4) is 0 Å². The number of unbranched alkanes of at least 4 members (excludes halogenated alkanes) is 3. The molecule has 2 aromatic rings. The SMILES string of the molecule is CCCCCCSc1ccc([C@H](SCCN(C)C)c2ccccc2)cc1. The van der Waals surface area contributed by atoms with Crippen molar-refractivity contribution in [3.63, 3.8) is 0 Å². The molecule has 0 aliphatic carbocycles. The van der Waals surface area contributed by atoms with Crippen LogP contribution in [0.2, 0.25) is 0 Å². The first kappa shape index (κ1) is 21.4. The van der Waals surface area contributed by atoms with E-state index in [1.165, 1.54) is 47.5 Å². The molecule has 2 rings (SSSR count). The van der Waals surface area contributed by atoms with Crippen LogP contribution in [-0.4, -0.2) is 37.0 Å². The van der Waals surface area contributed by atoms with Crippen molar-refractivity contribution in [2.24, 2.45) is 0 Å². The first-order chi connectivity index (χ1) is 12.7. The van der Waals surface area contributed by atoms with E-state index in [9.17, 15) is 0 Å². The fourth-order valence-electron chi connectivity index (χ4n) is 2.82. The molecule has 0 saturated carbocycles. The molecule has 0 spiro atoms. The summed E-state index contributed by atoms with van der Waals surface area (Å²) in [6.07, 6.45) is 5.36. The van der Waals surface area contributed by atoms with Crippen LogP contribution in [0, 0.1) is 0 Å². The minimum absolute atomic E-state index is 0.416. The number of hydrogen-bond acceptors (Lipinski definition) is 3. The zero-order valence-electron chi connectivity index (χ0n) is 16.5. The minimum Gasteiger partial charge on any atom is -0.309 e. The maximum absolute atomic E-state index is 2.33. The first-order valence-electron chi connectivity index (χ1n) is 9.74. The van der Waals surface area contributed by atoms with Gasteiger partial charge < -0.3 is 4.90 Å². The molecule has 2 aromatic carbocycles. The van der Waals surface area contributed by atoms with Crippen molar-refractivity contribution in [1.82, 2.24) is 4.90 Å². The Morgan fingerprint density at radius 2 is 1.50 bits per heavy atom. The van der Waals surface area contributed by atoms with Crippen molar-refractivity contribution in [2.75, 3.05) is 32.1 Å². The van der Waals surface area contributed by atoms with Crippen molar-refractivity contribution in [1.29, 1.82) is 0 Å². The second-order valence-electron chi connectivity index (χ2n) is 6.94. The third kappa shape index (κ3) is 7.77. The van der Waals surface area contributed by atoms with Crippen LogP contribution in [0.1, 0.15) is 49.0 Å². The van der Waals surface area contributed by atoms with E-state index in [0.717, 1.165) is 12.3 Å². The highest BCUT2D eigenvalue weighted by atomic mass is 32.2. The molecule has 1 atom stereocenters. The molecule has 0 fully saturated rings. The van der Waals surface area contributed by atoms with Gasteiger partial charge in [0.2, 0.25) is 0 Å². The zero-order chi connectivity index (χ0) is 18.6. The number of thioether (sulfide) groups is 2. The van der Waals surface area contributed by atoms with Gasteiger partial charge in [0.15, 0.2) is 0 Å². The van der Waals surface area contributed by atoms with Crippen LogP contribution < -0.4 is 0 Å². The standard InChI is InChI=1S/C23H33NS2/c1-4-5-6-10-18-25-22-15-13-21(14-16-22)23(26-19-17-24(2)3)20-11-8-7-9-12-20/h7-9,11-16,23H,4-6,10,17-19H2,1-3H3/t23-/m1/s1. The van der Waals surface area contributed by atoms with Crippen molar-refractivity contribution in [2.45, 2.75) is 42.8 Å².